The maximum Gasteiger partial charge on any atom is 0.221 e. The van der Waals surface area contributed by atoms with E-state index in [4.69, 9.17) is 4.74 Å². The summed E-state index contributed by atoms with van der Waals surface area (Å²) in [6.45, 7) is 2.09. The molecule has 0 aliphatic rings. The molecule has 0 fully saturated rings. The van der Waals surface area contributed by atoms with E-state index in [2.05, 4.69) is 27.8 Å². The summed E-state index contributed by atoms with van der Waals surface area (Å²) >= 11 is 3.51. The van der Waals surface area contributed by atoms with Crippen molar-refractivity contribution in [2.24, 2.45) is 0 Å². The van der Waals surface area contributed by atoms with E-state index in [0.29, 0.717) is 5.88 Å². The molecular formula is C14H14BrNO2. The SMILES string of the molecule is CCc1c(Br)cnc(OC)c1-c1ccc(O)cc1. The first kappa shape index (κ1) is 12.9. The molecule has 2 rings (SSSR count). The zero-order chi connectivity index (χ0) is 13.1. The number of aromatic hydroxyl groups is 1. The number of ether oxygens (including phenoxy) is 1. The lowest BCUT2D eigenvalue weighted by Gasteiger charge is -2.13. The van der Waals surface area contributed by atoms with E-state index in [-0.39, 0.29) is 5.75 Å². The van der Waals surface area contributed by atoms with Gasteiger partial charge < -0.3 is 9.84 Å². The first-order valence-electron chi connectivity index (χ1n) is 5.68. The number of methoxy groups -OCH3 is 1. The Balaban J connectivity index is 2.67. The molecule has 2 aromatic rings. The van der Waals surface area contributed by atoms with Gasteiger partial charge >= 0.3 is 0 Å². The van der Waals surface area contributed by atoms with Crippen LogP contribution >= 0.6 is 15.9 Å². The molecule has 0 spiro atoms. The third-order valence-corrected chi connectivity index (χ3v) is 3.49. The number of benzene rings is 1. The molecule has 3 nitrogen and oxygen atoms in total. The van der Waals surface area contributed by atoms with E-state index in [0.717, 1.165) is 27.6 Å². The highest BCUT2D eigenvalue weighted by Gasteiger charge is 2.14. The zero-order valence-electron chi connectivity index (χ0n) is 10.3. The number of rotatable bonds is 3. The Morgan fingerprint density at radius 2 is 1.94 bits per heavy atom. The van der Waals surface area contributed by atoms with Crippen LogP contribution in [0.3, 0.4) is 0 Å². The van der Waals surface area contributed by atoms with E-state index in [1.54, 1.807) is 25.4 Å². The van der Waals surface area contributed by atoms with Gasteiger partial charge in [0.25, 0.3) is 0 Å². The van der Waals surface area contributed by atoms with Crippen molar-refractivity contribution >= 4 is 15.9 Å². The number of pyridine rings is 1. The van der Waals surface area contributed by atoms with E-state index < -0.39 is 0 Å². The minimum Gasteiger partial charge on any atom is -0.508 e. The second-order valence-corrected chi connectivity index (χ2v) is 4.72. The van der Waals surface area contributed by atoms with Gasteiger partial charge in [0.05, 0.1) is 7.11 Å². The normalized spacial score (nSPS) is 10.4. The van der Waals surface area contributed by atoms with Gasteiger partial charge in [-0.2, -0.15) is 0 Å². The molecular weight excluding hydrogens is 294 g/mol. The van der Waals surface area contributed by atoms with Gasteiger partial charge in [-0.1, -0.05) is 19.1 Å². The first-order valence-corrected chi connectivity index (χ1v) is 6.47. The second-order valence-electron chi connectivity index (χ2n) is 3.87. The number of phenolic OH excluding ortho intramolecular Hbond substituents is 1. The van der Waals surface area contributed by atoms with Gasteiger partial charge in [-0.05, 0) is 45.6 Å². The molecule has 0 radical (unpaired) electrons. The minimum atomic E-state index is 0.249. The Hall–Kier alpha value is -1.55. The Bertz CT molecular complexity index is 552. The fourth-order valence-electron chi connectivity index (χ4n) is 1.93. The summed E-state index contributed by atoms with van der Waals surface area (Å²) in [6, 6.07) is 7.05. The lowest BCUT2D eigenvalue weighted by molar-refractivity contribution is 0.399. The van der Waals surface area contributed by atoms with Gasteiger partial charge in [-0.3, -0.25) is 0 Å². The highest BCUT2D eigenvalue weighted by molar-refractivity contribution is 9.10. The molecule has 18 heavy (non-hydrogen) atoms. The summed E-state index contributed by atoms with van der Waals surface area (Å²) in [4.78, 5) is 4.27. The summed E-state index contributed by atoms with van der Waals surface area (Å²) < 4.78 is 6.30. The van der Waals surface area contributed by atoms with Crippen molar-refractivity contribution in [3.63, 3.8) is 0 Å². The number of halogens is 1. The van der Waals surface area contributed by atoms with Gasteiger partial charge in [-0.15, -0.1) is 0 Å². The molecule has 1 N–H and O–H groups in total. The molecule has 0 aliphatic carbocycles. The van der Waals surface area contributed by atoms with E-state index in [1.807, 2.05) is 12.1 Å². The molecule has 0 atom stereocenters. The number of hydrogen-bond acceptors (Lipinski definition) is 3. The largest absolute Gasteiger partial charge is 0.508 e. The lowest BCUT2D eigenvalue weighted by atomic mass is 9.99. The molecule has 0 saturated carbocycles. The molecule has 0 aliphatic heterocycles. The average molecular weight is 308 g/mol. The molecule has 1 aromatic heterocycles. The van der Waals surface area contributed by atoms with Crippen LogP contribution in [-0.4, -0.2) is 17.2 Å². The van der Waals surface area contributed by atoms with Gasteiger partial charge in [0, 0.05) is 16.2 Å². The van der Waals surface area contributed by atoms with Gasteiger partial charge in [0.2, 0.25) is 5.88 Å². The van der Waals surface area contributed by atoms with Gasteiger partial charge in [-0.25, -0.2) is 4.98 Å². The summed E-state index contributed by atoms with van der Waals surface area (Å²) in [7, 11) is 1.61. The van der Waals surface area contributed by atoms with Crippen molar-refractivity contribution in [2.75, 3.05) is 7.11 Å². The highest BCUT2D eigenvalue weighted by Crippen LogP contribution is 2.36. The van der Waals surface area contributed by atoms with Crippen LogP contribution < -0.4 is 4.74 Å². The Labute approximate surface area is 115 Å². The molecule has 0 saturated heterocycles. The Morgan fingerprint density at radius 3 is 2.50 bits per heavy atom. The predicted octanol–water partition coefficient (Wildman–Crippen LogP) is 3.79. The van der Waals surface area contributed by atoms with Crippen LogP contribution in [0, 0.1) is 0 Å². The third-order valence-electron chi connectivity index (χ3n) is 2.80. The van der Waals surface area contributed by atoms with Crippen molar-refractivity contribution in [1.29, 1.82) is 0 Å². The van der Waals surface area contributed by atoms with Gasteiger partial charge in [0.1, 0.15) is 5.75 Å². The fourth-order valence-corrected chi connectivity index (χ4v) is 2.51. The average Bonchev–Trinajstić information content (AvgIpc) is 2.39. The fraction of sp³-hybridized carbons (Fsp3) is 0.214. The lowest BCUT2D eigenvalue weighted by Crippen LogP contribution is -1.97. The quantitative estimate of drug-likeness (QED) is 0.938. The highest BCUT2D eigenvalue weighted by atomic mass is 79.9. The molecule has 0 unspecified atom stereocenters. The maximum absolute atomic E-state index is 9.36. The van der Waals surface area contributed by atoms with E-state index in [9.17, 15) is 5.11 Å². The topological polar surface area (TPSA) is 42.4 Å². The van der Waals surface area contributed by atoms with Crippen LogP contribution in [0.25, 0.3) is 11.1 Å². The van der Waals surface area contributed by atoms with Crippen LogP contribution in [-0.2, 0) is 6.42 Å². The zero-order valence-corrected chi connectivity index (χ0v) is 11.9. The molecule has 94 valence electrons. The number of aromatic nitrogens is 1. The third kappa shape index (κ3) is 2.34. The van der Waals surface area contributed by atoms with E-state index in [1.165, 1.54) is 0 Å². The van der Waals surface area contributed by atoms with Crippen LogP contribution in [0.4, 0.5) is 0 Å². The molecule has 4 heteroatoms. The minimum absolute atomic E-state index is 0.249. The van der Waals surface area contributed by atoms with Crippen LogP contribution in [0.5, 0.6) is 11.6 Å². The Kier molecular flexibility index (Phi) is 3.87. The van der Waals surface area contributed by atoms with Gasteiger partial charge in [0.15, 0.2) is 0 Å². The van der Waals surface area contributed by atoms with Crippen LogP contribution in [0.15, 0.2) is 34.9 Å². The van der Waals surface area contributed by atoms with E-state index >= 15 is 0 Å². The van der Waals surface area contributed by atoms with Crippen molar-refractivity contribution in [2.45, 2.75) is 13.3 Å². The van der Waals surface area contributed by atoms with Crippen molar-refractivity contribution in [3.05, 3.63) is 40.5 Å². The summed E-state index contributed by atoms with van der Waals surface area (Å²) in [5.74, 6) is 0.847. The van der Waals surface area contributed by atoms with Crippen molar-refractivity contribution < 1.29 is 9.84 Å². The second kappa shape index (κ2) is 5.40. The molecule has 1 aromatic carbocycles. The summed E-state index contributed by atoms with van der Waals surface area (Å²) in [5, 5.41) is 9.36. The number of nitrogens with zero attached hydrogens (tertiary/aromatic N) is 1. The first-order chi connectivity index (χ1) is 8.67. The molecule has 0 bridgehead atoms. The Morgan fingerprint density at radius 1 is 1.28 bits per heavy atom. The predicted molar refractivity (Wildman–Crippen MR) is 75.0 cm³/mol. The van der Waals surface area contributed by atoms with Crippen molar-refractivity contribution in [3.8, 4) is 22.8 Å². The van der Waals surface area contributed by atoms with Crippen LogP contribution in [0.2, 0.25) is 0 Å². The summed E-state index contributed by atoms with van der Waals surface area (Å²) in [6.07, 6.45) is 2.62. The number of phenols is 1. The summed E-state index contributed by atoms with van der Waals surface area (Å²) in [5.41, 5.74) is 3.09. The number of hydrogen-bond donors (Lipinski definition) is 1. The smallest absolute Gasteiger partial charge is 0.221 e. The maximum atomic E-state index is 9.36. The monoisotopic (exact) mass is 307 g/mol. The van der Waals surface area contributed by atoms with Crippen LogP contribution in [0.1, 0.15) is 12.5 Å². The standard InChI is InChI=1S/C14H14BrNO2/c1-3-11-12(15)8-16-14(18-2)13(11)9-4-6-10(17)7-5-9/h4-8,17H,3H2,1-2H3. The molecule has 1 heterocycles. The molecule has 0 amide bonds. The van der Waals surface area contributed by atoms with Crippen molar-refractivity contribution in [1.82, 2.24) is 4.98 Å².